The molecule has 1 heterocycles. The number of hydrogen-bond acceptors (Lipinski definition) is 6. The van der Waals surface area contributed by atoms with Crippen molar-refractivity contribution < 1.29 is 24.0 Å². The molecule has 1 atom stereocenters. The number of urea groups is 1. The van der Waals surface area contributed by atoms with Gasteiger partial charge < -0.3 is 26.0 Å². The van der Waals surface area contributed by atoms with Crippen LogP contribution in [0.3, 0.4) is 0 Å². The van der Waals surface area contributed by atoms with Crippen LogP contribution in [0, 0.1) is 6.92 Å². The van der Waals surface area contributed by atoms with Crippen LogP contribution in [0.2, 0.25) is 0 Å². The van der Waals surface area contributed by atoms with E-state index in [2.05, 4.69) is 20.8 Å². The van der Waals surface area contributed by atoms with E-state index in [-0.39, 0.29) is 25.3 Å². The van der Waals surface area contributed by atoms with Crippen molar-refractivity contribution in [3.05, 3.63) is 11.7 Å². The van der Waals surface area contributed by atoms with E-state index in [1.54, 1.807) is 6.92 Å². The van der Waals surface area contributed by atoms with Crippen molar-refractivity contribution in [2.24, 2.45) is 5.73 Å². The quantitative estimate of drug-likeness (QED) is 0.494. The molecule has 0 aliphatic rings. The second-order valence-corrected chi connectivity index (χ2v) is 3.96. The number of hydrogen-bond donors (Lipinski definition) is 4. The fourth-order valence-corrected chi connectivity index (χ4v) is 1.32. The van der Waals surface area contributed by atoms with Gasteiger partial charge in [-0.15, -0.1) is 0 Å². The van der Waals surface area contributed by atoms with Gasteiger partial charge in [0.25, 0.3) is 0 Å². The number of carbonyl (C=O) groups is 3. The molecule has 20 heavy (non-hydrogen) atoms. The molecule has 10 heteroatoms. The van der Waals surface area contributed by atoms with Crippen LogP contribution in [0.4, 0.5) is 4.79 Å². The van der Waals surface area contributed by atoms with E-state index >= 15 is 0 Å². The summed E-state index contributed by atoms with van der Waals surface area (Å²) in [4.78, 5) is 36.8. The summed E-state index contributed by atoms with van der Waals surface area (Å²) in [6, 6.07) is -1.93. The molecule has 1 aromatic heterocycles. The molecule has 3 amide bonds. The van der Waals surface area contributed by atoms with E-state index in [9.17, 15) is 14.4 Å². The lowest BCUT2D eigenvalue weighted by atomic mass is 10.1. The number of aliphatic carboxylic acids is 1. The number of carboxylic acid groups (broad SMARTS) is 1. The van der Waals surface area contributed by atoms with Crippen molar-refractivity contribution in [2.45, 2.75) is 32.4 Å². The highest BCUT2D eigenvalue weighted by Gasteiger charge is 2.20. The Bertz CT molecular complexity index is 500. The van der Waals surface area contributed by atoms with Crippen LogP contribution in [0.5, 0.6) is 0 Å². The highest BCUT2D eigenvalue weighted by atomic mass is 16.5. The predicted octanol–water partition coefficient (Wildman–Crippen LogP) is -1.10. The highest BCUT2D eigenvalue weighted by molar-refractivity contribution is 5.83. The fraction of sp³-hybridized carbons (Fsp3) is 0.500. The zero-order valence-corrected chi connectivity index (χ0v) is 10.8. The summed E-state index contributed by atoms with van der Waals surface area (Å²) in [7, 11) is 0. The van der Waals surface area contributed by atoms with E-state index in [0.29, 0.717) is 5.82 Å². The molecule has 0 aromatic carbocycles. The van der Waals surface area contributed by atoms with Crippen LogP contribution < -0.4 is 16.4 Å². The maximum Gasteiger partial charge on any atom is 0.326 e. The summed E-state index contributed by atoms with van der Waals surface area (Å²) in [5.74, 6) is -1.27. The van der Waals surface area contributed by atoms with Crippen molar-refractivity contribution in [1.29, 1.82) is 0 Å². The van der Waals surface area contributed by atoms with Gasteiger partial charge in [-0.1, -0.05) is 5.16 Å². The maximum atomic E-state index is 11.5. The molecular weight excluding hydrogens is 270 g/mol. The lowest BCUT2D eigenvalue weighted by Crippen LogP contribution is -2.46. The van der Waals surface area contributed by atoms with Gasteiger partial charge in [0.15, 0.2) is 5.82 Å². The smallest absolute Gasteiger partial charge is 0.326 e. The van der Waals surface area contributed by atoms with Crippen molar-refractivity contribution in [3.63, 3.8) is 0 Å². The Hall–Kier alpha value is -2.65. The van der Waals surface area contributed by atoms with Gasteiger partial charge in [-0.2, -0.15) is 4.98 Å². The molecule has 0 saturated carbocycles. The van der Waals surface area contributed by atoms with Crippen LogP contribution in [-0.4, -0.2) is 39.2 Å². The average Bonchev–Trinajstić information content (AvgIpc) is 2.77. The minimum atomic E-state index is -1.25. The Kier molecular flexibility index (Phi) is 5.44. The number of nitrogens with two attached hydrogens (primary N) is 1. The molecule has 0 fully saturated rings. The monoisotopic (exact) mass is 285 g/mol. The summed E-state index contributed by atoms with van der Waals surface area (Å²) < 4.78 is 4.76. The first kappa shape index (κ1) is 15.4. The van der Waals surface area contributed by atoms with E-state index in [4.69, 9.17) is 15.4 Å². The number of aryl methyl sites for hydroxylation is 1. The van der Waals surface area contributed by atoms with E-state index in [1.807, 2.05) is 0 Å². The Morgan fingerprint density at radius 1 is 1.45 bits per heavy atom. The Balaban J connectivity index is 2.41. The minimum absolute atomic E-state index is 0.0329. The van der Waals surface area contributed by atoms with Crippen molar-refractivity contribution in [2.75, 3.05) is 0 Å². The molecule has 10 nitrogen and oxygen atoms in total. The molecule has 0 spiro atoms. The highest BCUT2D eigenvalue weighted by Crippen LogP contribution is 1.98. The first-order valence-corrected chi connectivity index (χ1v) is 5.73. The molecule has 1 aromatic rings. The van der Waals surface area contributed by atoms with Gasteiger partial charge in [0.05, 0.1) is 6.54 Å². The van der Waals surface area contributed by atoms with Gasteiger partial charge in [0.1, 0.15) is 6.04 Å². The van der Waals surface area contributed by atoms with E-state index < -0.39 is 23.9 Å². The number of carboxylic acids is 1. The molecule has 1 rings (SSSR count). The van der Waals surface area contributed by atoms with Crippen LogP contribution >= 0.6 is 0 Å². The molecule has 0 aliphatic carbocycles. The number of primary amides is 1. The Labute approximate surface area is 113 Å². The van der Waals surface area contributed by atoms with Crippen LogP contribution in [-0.2, 0) is 16.1 Å². The lowest BCUT2D eigenvalue weighted by Gasteiger charge is -2.13. The molecule has 110 valence electrons. The number of rotatable bonds is 7. The van der Waals surface area contributed by atoms with Gasteiger partial charge in [-0.3, -0.25) is 4.79 Å². The summed E-state index contributed by atoms with van der Waals surface area (Å²) in [5, 5.41) is 17.0. The second-order valence-electron chi connectivity index (χ2n) is 3.96. The van der Waals surface area contributed by atoms with E-state index in [1.165, 1.54) is 0 Å². The third kappa shape index (κ3) is 5.33. The Morgan fingerprint density at radius 2 is 2.15 bits per heavy atom. The van der Waals surface area contributed by atoms with Gasteiger partial charge in [-0.05, 0) is 13.3 Å². The minimum Gasteiger partial charge on any atom is -0.480 e. The molecule has 5 N–H and O–H groups in total. The molecule has 0 aliphatic heterocycles. The van der Waals surface area contributed by atoms with Crippen LogP contribution in [0.1, 0.15) is 24.6 Å². The standard InChI is InChI=1S/C10H15N5O5/c1-5-13-8(20-15-5)4-12-10(19)14-6(9(17)18)2-3-7(11)16/h6H,2-4H2,1H3,(H2,11,16)(H,17,18)(H2,12,14,19)/t6-/m1/s1. The predicted molar refractivity (Wildman–Crippen MR) is 64.3 cm³/mol. The summed E-state index contributed by atoms with van der Waals surface area (Å²) in [5.41, 5.74) is 4.92. The normalized spacial score (nSPS) is 11.7. The first-order valence-electron chi connectivity index (χ1n) is 5.73. The van der Waals surface area contributed by atoms with E-state index in [0.717, 1.165) is 0 Å². The zero-order valence-electron chi connectivity index (χ0n) is 10.8. The van der Waals surface area contributed by atoms with Gasteiger partial charge in [0, 0.05) is 6.42 Å². The Morgan fingerprint density at radius 3 is 2.65 bits per heavy atom. The topological polar surface area (TPSA) is 160 Å². The lowest BCUT2D eigenvalue weighted by molar-refractivity contribution is -0.139. The molecule has 0 saturated heterocycles. The number of amides is 3. The number of aromatic nitrogens is 2. The van der Waals surface area contributed by atoms with Crippen molar-refractivity contribution >= 4 is 17.9 Å². The second kappa shape index (κ2) is 7.07. The molecule has 0 bridgehead atoms. The number of nitrogens with one attached hydrogen (secondary N) is 2. The van der Waals surface area contributed by atoms with Gasteiger partial charge in [0.2, 0.25) is 11.8 Å². The average molecular weight is 285 g/mol. The third-order valence-electron chi connectivity index (χ3n) is 2.25. The molecule has 0 unspecified atom stereocenters. The van der Waals surface area contributed by atoms with Gasteiger partial charge >= 0.3 is 12.0 Å². The fourth-order valence-electron chi connectivity index (χ4n) is 1.32. The first-order chi connectivity index (χ1) is 9.38. The van der Waals surface area contributed by atoms with Crippen LogP contribution in [0.15, 0.2) is 4.52 Å². The molecule has 0 radical (unpaired) electrons. The number of nitrogens with zero attached hydrogens (tertiary/aromatic N) is 2. The molecular formula is C10H15N5O5. The third-order valence-corrected chi connectivity index (χ3v) is 2.25. The maximum absolute atomic E-state index is 11.5. The summed E-state index contributed by atoms with van der Waals surface area (Å²) in [6.07, 6.45) is -0.224. The van der Waals surface area contributed by atoms with Crippen LogP contribution in [0.25, 0.3) is 0 Å². The largest absolute Gasteiger partial charge is 0.480 e. The zero-order chi connectivity index (χ0) is 15.1. The number of carbonyl (C=O) groups excluding carboxylic acids is 2. The summed E-state index contributed by atoms with van der Waals surface area (Å²) in [6.45, 7) is 1.59. The SMILES string of the molecule is Cc1noc(CNC(=O)N[C@H](CCC(N)=O)C(=O)O)n1. The van der Waals surface area contributed by atoms with Gasteiger partial charge in [-0.25, -0.2) is 9.59 Å². The van der Waals surface area contributed by atoms with Crippen molar-refractivity contribution in [3.8, 4) is 0 Å². The summed E-state index contributed by atoms with van der Waals surface area (Å²) >= 11 is 0. The van der Waals surface area contributed by atoms with Crippen molar-refractivity contribution in [1.82, 2.24) is 20.8 Å².